The third-order valence-corrected chi connectivity index (χ3v) is 7.16. The summed E-state index contributed by atoms with van der Waals surface area (Å²) in [5.74, 6) is 0.618. The summed E-state index contributed by atoms with van der Waals surface area (Å²) in [4.78, 5) is 36.5. The Morgan fingerprint density at radius 3 is 2.61 bits per heavy atom. The van der Waals surface area contributed by atoms with Gasteiger partial charge in [0.2, 0.25) is 5.76 Å². The first-order valence-corrected chi connectivity index (χ1v) is 12.1. The molecule has 186 valence electrons. The van der Waals surface area contributed by atoms with Crippen LogP contribution in [-0.4, -0.2) is 53.7 Å². The molecule has 1 aromatic carbocycles. The van der Waals surface area contributed by atoms with Crippen molar-refractivity contribution in [2.75, 3.05) is 13.1 Å². The first-order chi connectivity index (χ1) is 17.3. The van der Waals surface area contributed by atoms with Crippen molar-refractivity contribution in [3.05, 3.63) is 76.4 Å². The molecule has 3 aromatic heterocycles. The first kappa shape index (κ1) is 22.7. The molecule has 4 aromatic rings. The molecule has 1 aliphatic heterocycles. The van der Waals surface area contributed by atoms with Gasteiger partial charge in [-0.25, -0.2) is 14.4 Å². The van der Waals surface area contributed by atoms with Crippen LogP contribution in [0.25, 0.3) is 16.7 Å². The monoisotopic (exact) mass is 491 g/mol. The highest BCUT2D eigenvalue weighted by Gasteiger charge is 2.36. The molecule has 2 aliphatic rings. The Labute approximate surface area is 205 Å². The highest BCUT2D eigenvalue weighted by Crippen LogP contribution is 2.39. The van der Waals surface area contributed by atoms with Crippen molar-refractivity contribution in [1.29, 1.82) is 0 Å². The third-order valence-electron chi connectivity index (χ3n) is 7.16. The molecule has 6 rings (SSSR count). The largest absolute Gasteiger partial charge is 0.435 e. The highest BCUT2D eigenvalue weighted by atomic mass is 19.1. The summed E-state index contributed by atoms with van der Waals surface area (Å²) in [7, 11) is 0. The minimum atomic E-state index is -1.15. The molecule has 1 saturated carbocycles. The van der Waals surface area contributed by atoms with Gasteiger partial charge in [-0.3, -0.25) is 18.7 Å². The van der Waals surface area contributed by atoms with Crippen LogP contribution in [0.3, 0.4) is 0 Å². The van der Waals surface area contributed by atoms with E-state index in [9.17, 15) is 19.1 Å². The molecule has 9 nitrogen and oxygen atoms in total. The number of carbonyl (C=O) groups excluding carboxylic acids is 1. The predicted octanol–water partition coefficient (Wildman–Crippen LogP) is 3.17. The van der Waals surface area contributed by atoms with Crippen molar-refractivity contribution in [1.82, 2.24) is 24.0 Å². The second-order valence-corrected chi connectivity index (χ2v) is 9.87. The van der Waals surface area contributed by atoms with Crippen molar-refractivity contribution in [2.45, 2.75) is 50.7 Å². The van der Waals surface area contributed by atoms with E-state index >= 15 is 0 Å². The average Bonchev–Trinajstić information content (AvgIpc) is 3.49. The van der Waals surface area contributed by atoms with E-state index in [2.05, 4.69) is 9.97 Å². The van der Waals surface area contributed by atoms with E-state index in [-0.39, 0.29) is 29.6 Å². The fraction of sp³-hybridized carbons (Fsp3) is 0.385. The lowest BCUT2D eigenvalue weighted by Gasteiger charge is -2.38. The number of aryl methyl sites for hydroxylation is 1. The molecule has 10 heteroatoms. The van der Waals surface area contributed by atoms with Gasteiger partial charge < -0.3 is 14.4 Å². The van der Waals surface area contributed by atoms with E-state index in [0.717, 1.165) is 18.5 Å². The smallest absolute Gasteiger partial charge is 0.291 e. The van der Waals surface area contributed by atoms with Crippen LogP contribution >= 0.6 is 0 Å². The minimum Gasteiger partial charge on any atom is -0.435 e. The molecule has 0 unspecified atom stereocenters. The van der Waals surface area contributed by atoms with Gasteiger partial charge in [-0.1, -0.05) is 0 Å². The molecule has 4 heterocycles. The van der Waals surface area contributed by atoms with Crippen LogP contribution in [0, 0.1) is 12.7 Å². The lowest BCUT2D eigenvalue weighted by atomic mass is 9.91. The van der Waals surface area contributed by atoms with Crippen LogP contribution in [0.1, 0.15) is 53.7 Å². The van der Waals surface area contributed by atoms with Gasteiger partial charge in [0.25, 0.3) is 11.5 Å². The van der Waals surface area contributed by atoms with Crippen LogP contribution in [0.4, 0.5) is 4.39 Å². The number of halogens is 1. The first-order valence-electron chi connectivity index (χ1n) is 12.1. The molecule has 1 amide bonds. The molecule has 1 saturated heterocycles. The number of benzene rings is 1. The summed E-state index contributed by atoms with van der Waals surface area (Å²) >= 11 is 0. The van der Waals surface area contributed by atoms with E-state index in [4.69, 9.17) is 4.42 Å². The summed E-state index contributed by atoms with van der Waals surface area (Å²) in [6.07, 6.45) is 5.65. The van der Waals surface area contributed by atoms with Gasteiger partial charge in [0.15, 0.2) is 11.5 Å². The molecule has 0 bridgehead atoms. The zero-order valence-corrected chi connectivity index (χ0v) is 19.9. The van der Waals surface area contributed by atoms with Gasteiger partial charge in [0, 0.05) is 30.4 Å². The Morgan fingerprint density at radius 1 is 1.19 bits per heavy atom. The number of aliphatic hydroxyl groups is 1. The number of rotatable bonds is 5. The fourth-order valence-electron chi connectivity index (χ4n) is 4.93. The number of amides is 1. The average molecular weight is 492 g/mol. The van der Waals surface area contributed by atoms with E-state index < -0.39 is 5.60 Å². The van der Waals surface area contributed by atoms with Gasteiger partial charge in [-0.15, -0.1) is 0 Å². The number of hydrogen-bond acceptors (Lipinski definition) is 6. The number of nitrogens with zero attached hydrogens (tertiary/aromatic N) is 5. The molecule has 1 aliphatic carbocycles. The summed E-state index contributed by atoms with van der Waals surface area (Å²) < 4.78 is 22.2. The zero-order valence-electron chi connectivity index (χ0n) is 19.9. The molecular weight excluding hydrogens is 465 g/mol. The van der Waals surface area contributed by atoms with E-state index in [1.807, 2.05) is 6.92 Å². The Balaban J connectivity index is 1.18. The highest BCUT2D eigenvalue weighted by molar-refractivity contribution is 5.91. The maximum atomic E-state index is 13.4. The topological polar surface area (TPSA) is 106 Å². The normalized spacial score (nSPS) is 17.6. The summed E-state index contributed by atoms with van der Waals surface area (Å²) in [6.45, 7) is 2.63. The number of aromatic nitrogens is 4. The minimum absolute atomic E-state index is 0.0751. The van der Waals surface area contributed by atoms with Crippen molar-refractivity contribution in [2.24, 2.45) is 0 Å². The van der Waals surface area contributed by atoms with E-state index in [1.54, 1.807) is 27.7 Å². The number of piperidine rings is 1. The molecule has 0 radical (unpaired) electrons. The van der Waals surface area contributed by atoms with Gasteiger partial charge >= 0.3 is 0 Å². The van der Waals surface area contributed by atoms with E-state index in [0.29, 0.717) is 54.5 Å². The number of hydrogen-bond donors (Lipinski definition) is 1. The molecular formula is C26H26FN5O4. The maximum absolute atomic E-state index is 13.4. The van der Waals surface area contributed by atoms with Crippen molar-refractivity contribution in [3.8, 4) is 5.69 Å². The van der Waals surface area contributed by atoms with Crippen LogP contribution in [0.2, 0.25) is 0 Å². The van der Waals surface area contributed by atoms with Crippen LogP contribution in [0.15, 0.2) is 52.1 Å². The molecule has 36 heavy (non-hydrogen) atoms. The second kappa shape index (κ2) is 8.41. The molecule has 2 fully saturated rings. The lowest BCUT2D eigenvalue weighted by molar-refractivity contribution is -0.0304. The van der Waals surface area contributed by atoms with Crippen molar-refractivity contribution in [3.63, 3.8) is 0 Å². The summed E-state index contributed by atoms with van der Waals surface area (Å²) in [6, 6.07) is 7.76. The molecule has 1 N–H and O–H groups in total. The number of fused-ring (bicyclic) bond motifs is 1. The fourth-order valence-corrected chi connectivity index (χ4v) is 4.93. The third kappa shape index (κ3) is 4.01. The summed E-state index contributed by atoms with van der Waals surface area (Å²) in [5, 5.41) is 11.7. The Bertz CT molecular complexity index is 1510. The number of oxazole rings is 1. The van der Waals surface area contributed by atoms with Gasteiger partial charge in [-0.2, -0.15) is 0 Å². The second-order valence-electron chi connectivity index (χ2n) is 9.87. The Hall–Kier alpha value is -3.79. The summed E-state index contributed by atoms with van der Waals surface area (Å²) in [5.41, 5.74) is 0.572. The van der Waals surface area contributed by atoms with Crippen LogP contribution in [-0.2, 0) is 6.54 Å². The van der Waals surface area contributed by atoms with Gasteiger partial charge in [0.1, 0.15) is 12.1 Å². The predicted molar refractivity (Wildman–Crippen MR) is 129 cm³/mol. The van der Waals surface area contributed by atoms with Gasteiger partial charge in [-0.05, 0) is 62.9 Å². The lowest BCUT2D eigenvalue weighted by Crippen LogP contribution is -2.49. The Kier molecular flexibility index (Phi) is 5.29. The maximum Gasteiger partial charge on any atom is 0.291 e. The van der Waals surface area contributed by atoms with Crippen LogP contribution < -0.4 is 5.56 Å². The Morgan fingerprint density at radius 2 is 1.92 bits per heavy atom. The number of likely N-dealkylation sites (tertiary alicyclic amines) is 1. The van der Waals surface area contributed by atoms with E-state index in [1.165, 1.54) is 29.2 Å². The number of carbonyl (C=O) groups is 1. The molecule has 0 atom stereocenters. The van der Waals surface area contributed by atoms with Gasteiger partial charge in [0.05, 0.1) is 23.7 Å². The van der Waals surface area contributed by atoms with Crippen LogP contribution in [0.5, 0.6) is 0 Å². The molecule has 0 spiro atoms. The van der Waals surface area contributed by atoms with Crippen molar-refractivity contribution < 1.29 is 18.7 Å². The standard InChI is InChI=1S/C26H26FN5O4/c1-16-12-20-22(32(16)19-6-4-18(27)5-7-19)29-15-31(24(20)33)14-26(35)8-10-30(11-9-26)25(34)21-13-28-23(36-21)17-2-3-17/h4-7,12-13,15,17,35H,2-3,8-11,14H2,1H3. The quantitative estimate of drug-likeness (QED) is 0.460. The zero-order chi connectivity index (χ0) is 25.0. The SMILES string of the molecule is Cc1cc2c(=O)n(CC3(O)CCN(C(=O)c4cnc(C5CC5)o4)CC3)cnc2n1-c1ccc(F)cc1. The van der Waals surface area contributed by atoms with Crippen molar-refractivity contribution >= 4 is 16.9 Å².